The molecule has 5 heteroatoms. The molecule has 20 heavy (non-hydrogen) atoms. The highest BCUT2D eigenvalue weighted by atomic mass is 16.5. The second-order valence-corrected chi connectivity index (χ2v) is 3.72. The Morgan fingerprint density at radius 2 is 1.65 bits per heavy atom. The van der Waals surface area contributed by atoms with E-state index >= 15 is 0 Å². The maximum Gasteiger partial charge on any atom is 0.308 e. The average molecular weight is 286 g/mol. The van der Waals surface area contributed by atoms with E-state index in [1.165, 1.54) is 13.8 Å². The molecule has 0 saturated heterocycles. The molecule has 0 aliphatic heterocycles. The minimum Gasteiger partial charge on any atom is -0.427 e. The average Bonchev–Trinajstić information content (AvgIpc) is 2.41. The third-order valence-electron chi connectivity index (χ3n) is 1.68. The lowest BCUT2D eigenvalue weighted by Crippen LogP contribution is -2.03. The van der Waals surface area contributed by atoms with E-state index in [4.69, 9.17) is 19.7 Å². The zero-order valence-corrected chi connectivity index (χ0v) is 12.7. The number of ether oxygens (including phenoxy) is 2. The molecule has 1 aromatic rings. The molecule has 0 amide bonds. The van der Waals surface area contributed by atoms with E-state index in [0.717, 1.165) is 13.2 Å². The third-order valence-corrected chi connectivity index (χ3v) is 1.68. The van der Waals surface area contributed by atoms with Gasteiger partial charge in [0.2, 0.25) is 0 Å². The molecule has 0 heterocycles. The van der Waals surface area contributed by atoms with Crippen molar-refractivity contribution in [3.63, 3.8) is 0 Å². The molecule has 0 radical (unpaired) electrons. The lowest BCUT2D eigenvalue weighted by molar-refractivity contribution is -0.131. The molecule has 0 aliphatic carbocycles. The number of aliphatic hydroxyl groups excluding tert-OH is 2. The predicted octanol–water partition coefficient (Wildman–Crippen LogP) is 2.01. The van der Waals surface area contributed by atoms with Crippen molar-refractivity contribution in [1.29, 1.82) is 0 Å². The molecule has 1 atom stereocenters. The number of carbonyl (C=O) groups is 1. The van der Waals surface area contributed by atoms with E-state index in [-0.39, 0.29) is 12.6 Å². The van der Waals surface area contributed by atoms with Gasteiger partial charge in [0, 0.05) is 20.1 Å². The summed E-state index contributed by atoms with van der Waals surface area (Å²) in [4.78, 5) is 10.4. The zero-order chi connectivity index (χ0) is 15.8. The van der Waals surface area contributed by atoms with Gasteiger partial charge in [0.25, 0.3) is 0 Å². The summed E-state index contributed by atoms with van der Waals surface area (Å²) in [6.45, 7) is 8.44. The van der Waals surface area contributed by atoms with Crippen molar-refractivity contribution < 1.29 is 24.5 Å². The van der Waals surface area contributed by atoms with Crippen molar-refractivity contribution in [3.8, 4) is 5.75 Å². The van der Waals surface area contributed by atoms with Crippen LogP contribution < -0.4 is 4.74 Å². The monoisotopic (exact) mass is 286 g/mol. The Balaban J connectivity index is 0. The first-order valence-corrected chi connectivity index (χ1v) is 6.57. The smallest absolute Gasteiger partial charge is 0.308 e. The molecule has 116 valence electrons. The van der Waals surface area contributed by atoms with Crippen molar-refractivity contribution in [2.45, 2.75) is 33.8 Å². The molecule has 0 fully saturated rings. The predicted molar refractivity (Wildman–Crippen MR) is 78.7 cm³/mol. The van der Waals surface area contributed by atoms with Gasteiger partial charge < -0.3 is 19.7 Å². The number of esters is 1. The van der Waals surface area contributed by atoms with Gasteiger partial charge in [-0.2, -0.15) is 0 Å². The largest absolute Gasteiger partial charge is 0.427 e. The van der Waals surface area contributed by atoms with Crippen LogP contribution in [0.4, 0.5) is 0 Å². The second-order valence-electron chi connectivity index (χ2n) is 3.72. The van der Waals surface area contributed by atoms with Gasteiger partial charge in [-0.05, 0) is 32.9 Å². The van der Waals surface area contributed by atoms with Gasteiger partial charge in [-0.15, -0.1) is 0 Å². The Morgan fingerprint density at radius 3 is 1.90 bits per heavy atom. The molecule has 2 N–H and O–H groups in total. The summed E-state index contributed by atoms with van der Waals surface area (Å²) in [6, 6.07) is 8.98. The van der Waals surface area contributed by atoms with Crippen LogP contribution in [0.3, 0.4) is 0 Å². The van der Waals surface area contributed by atoms with E-state index in [2.05, 4.69) is 0 Å². The number of hydrogen-bond donors (Lipinski definition) is 2. The van der Waals surface area contributed by atoms with Gasteiger partial charge >= 0.3 is 5.97 Å². The van der Waals surface area contributed by atoms with Crippen LogP contribution in [0.15, 0.2) is 30.3 Å². The molecule has 1 unspecified atom stereocenters. The summed E-state index contributed by atoms with van der Waals surface area (Å²) < 4.78 is 9.61. The summed E-state index contributed by atoms with van der Waals surface area (Å²) in [5.74, 6) is 0.307. The van der Waals surface area contributed by atoms with Gasteiger partial charge in [-0.25, -0.2) is 0 Å². The quantitative estimate of drug-likeness (QED) is 0.654. The Kier molecular flexibility index (Phi) is 16.3. The summed E-state index contributed by atoms with van der Waals surface area (Å²) in [6.07, 6.45) is -0.560. The zero-order valence-electron chi connectivity index (χ0n) is 12.7. The fraction of sp³-hybridized carbons (Fsp3) is 0.533. The fourth-order valence-corrected chi connectivity index (χ4v) is 0.859. The van der Waals surface area contributed by atoms with Crippen LogP contribution in [-0.2, 0) is 9.53 Å². The molecule has 0 saturated carbocycles. The van der Waals surface area contributed by atoms with E-state index < -0.39 is 6.10 Å². The Hall–Kier alpha value is -1.43. The number of para-hydroxylation sites is 1. The van der Waals surface area contributed by atoms with E-state index in [1.54, 1.807) is 12.1 Å². The van der Waals surface area contributed by atoms with Crippen molar-refractivity contribution in [2.75, 3.05) is 19.8 Å². The van der Waals surface area contributed by atoms with Crippen LogP contribution in [0.1, 0.15) is 27.7 Å². The maximum atomic E-state index is 10.4. The summed E-state index contributed by atoms with van der Waals surface area (Å²) >= 11 is 0. The fourth-order valence-electron chi connectivity index (χ4n) is 0.859. The second kappa shape index (κ2) is 15.6. The maximum absolute atomic E-state index is 10.4. The molecule has 0 spiro atoms. The first-order valence-electron chi connectivity index (χ1n) is 6.57. The minimum atomic E-state index is -0.560. The number of hydrogen-bond acceptors (Lipinski definition) is 5. The highest BCUT2D eigenvalue weighted by Gasteiger charge is 1.92. The first-order chi connectivity index (χ1) is 9.47. The standard InChI is InChI=1S/C8H8O2.C4H10O.C3H8O2/c1-7(9)10-8-5-3-2-4-6-8;1-3-5-4-2;1-3(5)2-4/h2-6H,1H3;3-4H2,1-2H3;3-5H,2H2,1H3. The Labute approximate surface area is 121 Å². The Morgan fingerprint density at radius 1 is 1.20 bits per heavy atom. The van der Waals surface area contributed by atoms with Gasteiger partial charge in [0.05, 0.1) is 12.7 Å². The molecule has 1 aromatic carbocycles. The summed E-state index contributed by atoms with van der Waals surface area (Å²) in [5.41, 5.74) is 0. The van der Waals surface area contributed by atoms with Gasteiger partial charge in [-0.1, -0.05) is 18.2 Å². The number of aliphatic hydroxyl groups is 2. The van der Waals surface area contributed by atoms with Crippen LogP contribution >= 0.6 is 0 Å². The first kappa shape index (κ1) is 20.9. The van der Waals surface area contributed by atoms with Gasteiger partial charge in [0.1, 0.15) is 5.75 Å². The molecule has 5 nitrogen and oxygen atoms in total. The molecule has 0 bridgehead atoms. The van der Waals surface area contributed by atoms with E-state index in [1.807, 2.05) is 32.0 Å². The molecular formula is C15H26O5. The van der Waals surface area contributed by atoms with Crippen molar-refractivity contribution >= 4 is 5.97 Å². The van der Waals surface area contributed by atoms with Crippen molar-refractivity contribution in [1.82, 2.24) is 0 Å². The third kappa shape index (κ3) is 18.9. The van der Waals surface area contributed by atoms with Gasteiger partial charge in [0.15, 0.2) is 0 Å². The van der Waals surface area contributed by atoms with Crippen molar-refractivity contribution in [2.24, 2.45) is 0 Å². The lowest BCUT2D eigenvalue weighted by Gasteiger charge is -1.97. The van der Waals surface area contributed by atoms with Crippen LogP contribution in [0.2, 0.25) is 0 Å². The number of carbonyl (C=O) groups excluding carboxylic acids is 1. The number of benzene rings is 1. The van der Waals surface area contributed by atoms with Crippen LogP contribution in [0, 0.1) is 0 Å². The van der Waals surface area contributed by atoms with Crippen LogP contribution in [0.25, 0.3) is 0 Å². The van der Waals surface area contributed by atoms with E-state index in [9.17, 15) is 4.79 Å². The Bertz CT molecular complexity index is 309. The molecule has 0 aliphatic rings. The highest BCUT2D eigenvalue weighted by molar-refractivity contribution is 5.69. The van der Waals surface area contributed by atoms with Gasteiger partial charge in [-0.3, -0.25) is 4.79 Å². The minimum absolute atomic E-state index is 0.139. The van der Waals surface area contributed by atoms with Crippen LogP contribution in [0.5, 0.6) is 5.75 Å². The van der Waals surface area contributed by atoms with Crippen LogP contribution in [-0.4, -0.2) is 42.1 Å². The van der Waals surface area contributed by atoms with E-state index in [0.29, 0.717) is 5.75 Å². The molecule has 1 rings (SSSR count). The SMILES string of the molecule is CC(=O)Oc1ccccc1.CC(O)CO.CCOCC. The molecule has 0 aromatic heterocycles. The topological polar surface area (TPSA) is 76.0 Å². The number of rotatable bonds is 4. The summed E-state index contributed by atoms with van der Waals surface area (Å²) in [5, 5.41) is 16.0. The molecular weight excluding hydrogens is 260 g/mol. The lowest BCUT2D eigenvalue weighted by atomic mass is 10.3. The van der Waals surface area contributed by atoms with Crippen molar-refractivity contribution in [3.05, 3.63) is 30.3 Å². The highest BCUT2D eigenvalue weighted by Crippen LogP contribution is 2.07. The summed E-state index contributed by atoms with van der Waals surface area (Å²) in [7, 11) is 0. The normalized spacial score (nSPS) is 10.3.